The molecule has 16 heavy (non-hydrogen) atoms. The van der Waals surface area contributed by atoms with Crippen LogP contribution in [0.4, 0.5) is 0 Å². The number of ether oxygens (including phenoxy) is 1. The second-order valence-corrected chi connectivity index (χ2v) is 4.69. The van der Waals surface area contributed by atoms with Gasteiger partial charge in [0.2, 0.25) is 0 Å². The zero-order valence-electron chi connectivity index (χ0n) is 9.33. The number of hydrogen-bond donors (Lipinski definition) is 0. The van der Waals surface area contributed by atoms with E-state index < -0.39 is 0 Å². The molecule has 0 atom stereocenters. The highest BCUT2D eigenvalue weighted by Crippen LogP contribution is 2.36. The maximum absolute atomic E-state index is 11.9. The predicted octanol–water partition coefficient (Wildman–Crippen LogP) is 2.98. The smallest absolute Gasteiger partial charge is 0.140 e. The summed E-state index contributed by atoms with van der Waals surface area (Å²) in [5.41, 5.74) is 0.704. The lowest BCUT2D eigenvalue weighted by molar-refractivity contribution is -0.126. The van der Waals surface area contributed by atoms with Crippen LogP contribution in [0.25, 0.3) is 0 Å². The highest BCUT2D eigenvalue weighted by Gasteiger charge is 2.38. The van der Waals surface area contributed by atoms with E-state index in [9.17, 15) is 4.79 Å². The predicted molar refractivity (Wildman–Crippen MR) is 63.9 cm³/mol. The monoisotopic (exact) mass is 238 g/mol. The van der Waals surface area contributed by atoms with Gasteiger partial charge in [-0.15, -0.1) is 0 Å². The summed E-state index contributed by atoms with van der Waals surface area (Å²) >= 11 is 5.87. The van der Waals surface area contributed by atoms with Crippen molar-refractivity contribution < 1.29 is 9.53 Å². The van der Waals surface area contributed by atoms with Gasteiger partial charge in [-0.25, -0.2) is 0 Å². The van der Waals surface area contributed by atoms with Gasteiger partial charge < -0.3 is 4.74 Å². The second kappa shape index (κ2) is 4.56. The lowest BCUT2D eigenvalue weighted by Crippen LogP contribution is -2.40. The first-order valence-corrected chi connectivity index (χ1v) is 5.88. The number of hydrogen-bond acceptors (Lipinski definition) is 2. The molecule has 1 aromatic rings. The number of carbonyl (C=O) groups excluding carboxylic acids is 1. The highest BCUT2D eigenvalue weighted by molar-refractivity contribution is 6.30. The van der Waals surface area contributed by atoms with E-state index in [0.29, 0.717) is 18.2 Å². The van der Waals surface area contributed by atoms with E-state index in [1.54, 1.807) is 6.92 Å². The minimum Gasteiger partial charge on any atom is -0.381 e. The van der Waals surface area contributed by atoms with Crippen molar-refractivity contribution in [1.82, 2.24) is 0 Å². The van der Waals surface area contributed by atoms with Crippen molar-refractivity contribution in [2.75, 3.05) is 13.2 Å². The Bertz CT molecular complexity index is 377. The van der Waals surface area contributed by atoms with Crippen molar-refractivity contribution in [3.63, 3.8) is 0 Å². The third-order valence-corrected chi connectivity index (χ3v) is 3.67. The molecule has 86 valence electrons. The SMILES string of the molecule is CC(=O)C1(c2ccc(Cl)cc2)CCOCC1. The van der Waals surface area contributed by atoms with E-state index in [-0.39, 0.29) is 11.2 Å². The Morgan fingerprint density at radius 3 is 2.31 bits per heavy atom. The first-order chi connectivity index (χ1) is 7.65. The fourth-order valence-corrected chi connectivity index (χ4v) is 2.46. The van der Waals surface area contributed by atoms with E-state index in [1.807, 2.05) is 24.3 Å². The van der Waals surface area contributed by atoms with Gasteiger partial charge in [0.15, 0.2) is 0 Å². The number of carbonyl (C=O) groups is 1. The summed E-state index contributed by atoms with van der Waals surface area (Å²) in [6.07, 6.45) is 1.54. The Kier molecular flexibility index (Phi) is 3.31. The number of Topliss-reactive ketones (excluding diaryl/α,β-unsaturated/α-hetero) is 1. The number of halogens is 1. The molecule has 2 nitrogen and oxygen atoms in total. The maximum Gasteiger partial charge on any atom is 0.140 e. The van der Waals surface area contributed by atoms with Gasteiger partial charge in [0.1, 0.15) is 5.78 Å². The molecule has 1 saturated heterocycles. The van der Waals surface area contributed by atoms with Crippen molar-refractivity contribution in [3.05, 3.63) is 34.9 Å². The van der Waals surface area contributed by atoms with Gasteiger partial charge in [-0.3, -0.25) is 4.79 Å². The van der Waals surface area contributed by atoms with Crippen molar-refractivity contribution >= 4 is 17.4 Å². The van der Waals surface area contributed by atoms with E-state index in [2.05, 4.69) is 0 Å². The summed E-state index contributed by atoms with van der Waals surface area (Å²) in [5, 5.41) is 0.703. The lowest BCUT2D eigenvalue weighted by Gasteiger charge is -2.35. The number of benzene rings is 1. The number of ketones is 1. The van der Waals surface area contributed by atoms with Gasteiger partial charge in [0, 0.05) is 18.2 Å². The fourth-order valence-electron chi connectivity index (χ4n) is 2.33. The fraction of sp³-hybridized carbons (Fsp3) is 0.462. The molecule has 0 saturated carbocycles. The molecule has 0 amide bonds. The molecule has 0 unspecified atom stereocenters. The Balaban J connectivity index is 2.38. The van der Waals surface area contributed by atoms with Crippen LogP contribution < -0.4 is 0 Å². The minimum atomic E-state index is -0.358. The third kappa shape index (κ3) is 2.00. The molecule has 1 aliphatic heterocycles. The van der Waals surface area contributed by atoms with Gasteiger partial charge in [0.25, 0.3) is 0 Å². The molecule has 0 radical (unpaired) electrons. The topological polar surface area (TPSA) is 26.3 Å². The maximum atomic E-state index is 11.9. The van der Waals surface area contributed by atoms with Crippen LogP contribution in [0.3, 0.4) is 0 Å². The summed E-state index contributed by atoms with van der Waals surface area (Å²) in [4.78, 5) is 11.9. The van der Waals surface area contributed by atoms with Crippen molar-refractivity contribution in [2.45, 2.75) is 25.2 Å². The molecule has 3 heteroatoms. The first kappa shape index (κ1) is 11.6. The van der Waals surface area contributed by atoms with Crippen molar-refractivity contribution in [3.8, 4) is 0 Å². The Labute approximate surface area is 101 Å². The third-order valence-electron chi connectivity index (χ3n) is 3.42. The molecular weight excluding hydrogens is 224 g/mol. The highest BCUT2D eigenvalue weighted by atomic mass is 35.5. The van der Waals surface area contributed by atoms with Gasteiger partial charge in [-0.2, -0.15) is 0 Å². The zero-order chi connectivity index (χ0) is 11.6. The van der Waals surface area contributed by atoms with Crippen LogP contribution in [-0.2, 0) is 14.9 Å². The molecule has 1 fully saturated rings. The van der Waals surface area contributed by atoms with Crippen LogP contribution in [0.5, 0.6) is 0 Å². The quantitative estimate of drug-likeness (QED) is 0.792. The average Bonchev–Trinajstić information content (AvgIpc) is 2.30. The van der Waals surface area contributed by atoms with Crippen LogP contribution in [0, 0.1) is 0 Å². The van der Waals surface area contributed by atoms with Crippen molar-refractivity contribution in [2.24, 2.45) is 0 Å². The minimum absolute atomic E-state index is 0.220. The first-order valence-electron chi connectivity index (χ1n) is 5.50. The van der Waals surface area contributed by atoms with Crippen LogP contribution >= 0.6 is 11.6 Å². The number of rotatable bonds is 2. The zero-order valence-corrected chi connectivity index (χ0v) is 10.1. The molecule has 0 N–H and O–H groups in total. The molecule has 0 spiro atoms. The van der Waals surface area contributed by atoms with Gasteiger partial charge in [-0.05, 0) is 37.5 Å². The molecule has 0 aromatic heterocycles. The van der Waals surface area contributed by atoms with Crippen LogP contribution in [0.2, 0.25) is 5.02 Å². The second-order valence-electron chi connectivity index (χ2n) is 4.26. The Morgan fingerprint density at radius 1 is 1.25 bits per heavy atom. The van der Waals surface area contributed by atoms with Crippen LogP contribution in [-0.4, -0.2) is 19.0 Å². The standard InChI is InChI=1S/C13H15ClO2/c1-10(15)13(6-8-16-9-7-13)11-2-4-12(14)5-3-11/h2-5H,6-9H2,1H3. The normalized spacial score (nSPS) is 19.4. The molecule has 0 aliphatic carbocycles. The van der Waals surface area contributed by atoms with Crippen molar-refractivity contribution in [1.29, 1.82) is 0 Å². The van der Waals surface area contributed by atoms with E-state index in [0.717, 1.165) is 18.4 Å². The van der Waals surface area contributed by atoms with Gasteiger partial charge in [0.05, 0.1) is 5.41 Å². The van der Waals surface area contributed by atoms with Crippen LogP contribution in [0.1, 0.15) is 25.3 Å². The molecule has 1 aromatic carbocycles. The van der Waals surface area contributed by atoms with E-state index >= 15 is 0 Å². The molecule has 1 aliphatic rings. The summed E-state index contributed by atoms with van der Waals surface area (Å²) in [5.74, 6) is 0.220. The molecule has 1 heterocycles. The summed E-state index contributed by atoms with van der Waals surface area (Å²) in [6.45, 7) is 2.98. The van der Waals surface area contributed by atoms with Gasteiger partial charge in [-0.1, -0.05) is 23.7 Å². The van der Waals surface area contributed by atoms with Crippen LogP contribution in [0.15, 0.2) is 24.3 Å². The van der Waals surface area contributed by atoms with Gasteiger partial charge >= 0.3 is 0 Å². The summed E-state index contributed by atoms with van der Waals surface area (Å²) in [7, 11) is 0. The molecule has 2 rings (SSSR count). The lowest BCUT2D eigenvalue weighted by atomic mass is 9.71. The largest absolute Gasteiger partial charge is 0.381 e. The molecular formula is C13H15ClO2. The Hall–Kier alpha value is -0.860. The summed E-state index contributed by atoms with van der Waals surface area (Å²) < 4.78 is 5.34. The average molecular weight is 239 g/mol. The molecule has 0 bridgehead atoms. The summed E-state index contributed by atoms with van der Waals surface area (Å²) in [6, 6.07) is 7.60. The van der Waals surface area contributed by atoms with E-state index in [1.165, 1.54) is 0 Å². The van der Waals surface area contributed by atoms with E-state index in [4.69, 9.17) is 16.3 Å². The Morgan fingerprint density at radius 2 is 1.81 bits per heavy atom.